The van der Waals surface area contributed by atoms with Crippen LogP contribution in [0.3, 0.4) is 0 Å². The molecule has 34 heavy (non-hydrogen) atoms. The van der Waals surface area contributed by atoms with Gasteiger partial charge in [-0.1, -0.05) is 48.5 Å². The molecule has 2 aromatic carbocycles. The van der Waals surface area contributed by atoms with Crippen LogP contribution < -0.4 is 10.6 Å². The Bertz CT molecular complexity index is 1110. The minimum absolute atomic E-state index is 0.0117. The second kappa shape index (κ2) is 11.0. The maximum absolute atomic E-state index is 13.0. The van der Waals surface area contributed by atoms with E-state index in [1.54, 1.807) is 18.2 Å². The van der Waals surface area contributed by atoms with Gasteiger partial charge in [-0.2, -0.15) is 4.31 Å². The van der Waals surface area contributed by atoms with Gasteiger partial charge in [-0.25, -0.2) is 8.42 Å². The number of benzene rings is 2. The van der Waals surface area contributed by atoms with E-state index in [-0.39, 0.29) is 23.9 Å². The summed E-state index contributed by atoms with van der Waals surface area (Å²) in [6.45, 7) is 0.345. The molecule has 1 atom stereocenters. The number of carbonyl (C=O) groups excluding carboxylic acids is 2. The highest BCUT2D eigenvalue weighted by atomic mass is 32.2. The van der Waals surface area contributed by atoms with E-state index in [1.165, 1.54) is 9.71 Å². The van der Waals surface area contributed by atoms with Gasteiger partial charge in [0.05, 0.1) is 0 Å². The summed E-state index contributed by atoms with van der Waals surface area (Å²) in [5.74, 6) is -0.311. The van der Waals surface area contributed by atoms with Crippen LogP contribution >= 0.6 is 0 Å². The molecule has 0 unspecified atom stereocenters. The Morgan fingerprint density at radius 2 is 1.41 bits per heavy atom. The summed E-state index contributed by atoms with van der Waals surface area (Å²) < 4.78 is 27.1. The van der Waals surface area contributed by atoms with E-state index < -0.39 is 16.1 Å². The van der Waals surface area contributed by atoms with Crippen molar-refractivity contribution in [2.75, 3.05) is 6.54 Å². The Kier molecular flexibility index (Phi) is 7.80. The van der Waals surface area contributed by atoms with E-state index in [4.69, 9.17) is 0 Å². The van der Waals surface area contributed by atoms with Gasteiger partial charge in [0.15, 0.2) is 0 Å². The minimum atomic E-state index is -3.70. The molecule has 2 N–H and O–H groups in total. The van der Waals surface area contributed by atoms with Crippen LogP contribution in [0.25, 0.3) is 6.08 Å². The third kappa shape index (κ3) is 6.12. The van der Waals surface area contributed by atoms with Gasteiger partial charge in [-0.3, -0.25) is 9.59 Å². The van der Waals surface area contributed by atoms with Crippen LogP contribution in [0.5, 0.6) is 0 Å². The molecule has 1 saturated heterocycles. The molecule has 180 valence electrons. The molecule has 1 saturated carbocycles. The van der Waals surface area contributed by atoms with Crippen molar-refractivity contribution >= 4 is 27.9 Å². The zero-order valence-electron chi connectivity index (χ0n) is 19.1. The summed E-state index contributed by atoms with van der Waals surface area (Å²) in [6.07, 6.45) is 5.79. The quantitative estimate of drug-likeness (QED) is 0.634. The SMILES string of the molecule is O=C(NC1CCC(NC(=O)[C@@H]2CCCN2S(=O)(=O)/C=C/c2ccccc2)CC1)c1ccccc1. The Labute approximate surface area is 201 Å². The monoisotopic (exact) mass is 481 g/mol. The fourth-order valence-electron chi connectivity index (χ4n) is 4.65. The molecule has 0 spiro atoms. The van der Waals surface area contributed by atoms with Crippen molar-refractivity contribution in [1.29, 1.82) is 0 Å². The molecular formula is C26H31N3O4S. The first kappa shape index (κ1) is 24.2. The molecule has 1 aliphatic carbocycles. The molecule has 1 heterocycles. The van der Waals surface area contributed by atoms with E-state index in [0.29, 0.717) is 24.9 Å². The Morgan fingerprint density at radius 3 is 2.06 bits per heavy atom. The van der Waals surface area contributed by atoms with Gasteiger partial charge in [0.1, 0.15) is 6.04 Å². The fraction of sp³-hybridized carbons (Fsp3) is 0.385. The molecule has 0 radical (unpaired) electrons. The normalized spacial score (nSPS) is 23.6. The summed E-state index contributed by atoms with van der Waals surface area (Å²) in [7, 11) is -3.70. The van der Waals surface area contributed by atoms with Gasteiger partial charge in [0.25, 0.3) is 5.91 Å². The summed E-state index contributed by atoms with van der Waals surface area (Å²) in [4.78, 5) is 25.3. The van der Waals surface area contributed by atoms with Gasteiger partial charge in [0.2, 0.25) is 15.9 Å². The van der Waals surface area contributed by atoms with Crippen LogP contribution in [0.2, 0.25) is 0 Å². The van der Waals surface area contributed by atoms with Crippen LogP contribution in [0, 0.1) is 0 Å². The topological polar surface area (TPSA) is 95.6 Å². The summed E-state index contributed by atoms with van der Waals surface area (Å²) in [6, 6.07) is 17.7. The second-order valence-corrected chi connectivity index (χ2v) is 10.7. The minimum Gasteiger partial charge on any atom is -0.352 e. The van der Waals surface area contributed by atoms with E-state index in [0.717, 1.165) is 31.2 Å². The number of nitrogens with zero attached hydrogens (tertiary/aromatic N) is 1. The predicted molar refractivity (Wildman–Crippen MR) is 132 cm³/mol. The molecule has 8 heteroatoms. The first-order chi connectivity index (χ1) is 16.4. The van der Waals surface area contributed by atoms with E-state index in [1.807, 2.05) is 48.5 Å². The van der Waals surface area contributed by atoms with Crippen LogP contribution in [0.1, 0.15) is 54.4 Å². The average Bonchev–Trinajstić information content (AvgIpc) is 3.37. The molecule has 2 aliphatic rings. The van der Waals surface area contributed by atoms with E-state index in [9.17, 15) is 18.0 Å². The molecule has 4 rings (SSSR count). The summed E-state index contributed by atoms with van der Waals surface area (Å²) in [5.41, 5.74) is 1.43. The number of amides is 2. The van der Waals surface area contributed by atoms with Crippen LogP contribution in [0.4, 0.5) is 0 Å². The van der Waals surface area contributed by atoms with Gasteiger partial charge >= 0.3 is 0 Å². The number of hydrogen-bond donors (Lipinski definition) is 2. The van der Waals surface area contributed by atoms with Crippen molar-refractivity contribution in [2.45, 2.75) is 56.7 Å². The maximum atomic E-state index is 13.0. The highest BCUT2D eigenvalue weighted by Gasteiger charge is 2.38. The maximum Gasteiger partial charge on any atom is 0.251 e. The van der Waals surface area contributed by atoms with Crippen molar-refractivity contribution in [3.8, 4) is 0 Å². The number of sulfonamides is 1. The first-order valence-corrected chi connectivity index (χ1v) is 13.3. The van der Waals surface area contributed by atoms with Crippen molar-refractivity contribution in [3.63, 3.8) is 0 Å². The Morgan fingerprint density at radius 1 is 0.824 bits per heavy atom. The Hall–Kier alpha value is -2.97. The number of rotatable bonds is 7. The van der Waals surface area contributed by atoms with Gasteiger partial charge in [-0.15, -0.1) is 0 Å². The molecule has 7 nitrogen and oxygen atoms in total. The lowest BCUT2D eigenvalue weighted by molar-refractivity contribution is -0.125. The van der Waals surface area contributed by atoms with Crippen molar-refractivity contribution in [2.24, 2.45) is 0 Å². The number of hydrogen-bond acceptors (Lipinski definition) is 4. The molecule has 2 amide bonds. The highest BCUT2D eigenvalue weighted by Crippen LogP contribution is 2.25. The van der Waals surface area contributed by atoms with Crippen molar-refractivity contribution in [3.05, 3.63) is 77.2 Å². The molecule has 2 fully saturated rings. The summed E-state index contributed by atoms with van der Waals surface area (Å²) >= 11 is 0. The lowest BCUT2D eigenvalue weighted by atomic mass is 9.90. The van der Waals surface area contributed by atoms with Crippen molar-refractivity contribution < 1.29 is 18.0 Å². The molecule has 0 aromatic heterocycles. The van der Waals surface area contributed by atoms with E-state index in [2.05, 4.69) is 10.6 Å². The van der Waals surface area contributed by atoms with Crippen LogP contribution in [-0.4, -0.2) is 49.2 Å². The van der Waals surface area contributed by atoms with Crippen LogP contribution in [-0.2, 0) is 14.8 Å². The van der Waals surface area contributed by atoms with Gasteiger partial charge in [-0.05, 0) is 62.3 Å². The number of nitrogens with one attached hydrogen (secondary N) is 2. The largest absolute Gasteiger partial charge is 0.352 e. The average molecular weight is 482 g/mol. The van der Waals surface area contributed by atoms with E-state index >= 15 is 0 Å². The standard InChI is InChI=1S/C26H31N3O4S/c30-25(21-10-5-2-6-11-21)27-22-13-15-23(16-14-22)28-26(31)24-12-7-18-29(24)34(32,33)19-17-20-8-3-1-4-9-20/h1-6,8-11,17,19,22-24H,7,12-16,18H2,(H,27,30)(H,28,31)/b19-17+/t22?,23?,24-/m0/s1. The zero-order valence-corrected chi connectivity index (χ0v) is 19.9. The predicted octanol–water partition coefficient (Wildman–Crippen LogP) is 3.31. The summed E-state index contributed by atoms with van der Waals surface area (Å²) in [5, 5.41) is 7.32. The third-order valence-electron chi connectivity index (χ3n) is 6.51. The third-order valence-corrected chi connectivity index (χ3v) is 8.08. The van der Waals surface area contributed by atoms with Gasteiger partial charge < -0.3 is 10.6 Å². The zero-order chi connectivity index (χ0) is 24.0. The smallest absolute Gasteiger partial charge is 0.251 e. The van der Waals surface area contributed by atoms with Gasteiger partial charge in [0, 0.05) is 29.6 Å². The van der Waals surface area contributed by atoms with Crippen molar-refractivity contribution in [1.82, 2.24) is 14.9 Å². The highest BCUT2D eigenvalue weighted by molar-refractivity contribution is 7.92. The second-order valence-electron chi connectivity index (χ2n) is 8.92. The lowest BCUT2D eigenvalue weighted by Crippen LogP contribution is -2.50. The molecule has 1 aliphatic heterocycles. The van der Waals surface area contributed by atoms with Crippen LogP contribution in [0.15, 0.2) is 66.1 Å². The Balaban J connectivity index is 1.29. The lowest BCUT2D eigenvalue weighted by Gasteiger charge is -2.31. The first-order valence-electron chi connectivity index (χ1n) is 11.8. The molecule has 0 bridgehead atoms. The fourth-order valence-corrected chi connectivity index (χ4v) is 6.08. The molecule has 2 aromatic rings. The molecular weight excluding hydrogens is 450 g/mol. The number of carbonyl (C=O) groups is 2.